The molecule has 92 valence electrons. The van der Waals surface area contributed by atoms with Gasteiger partial charge in [-0.05, 0) is 30.5 Å². The normalized spacial score (nSPS) is 17.7. The lowest BCUT2D eigenvalue weighted by Crippen LogP contribution is -2.32. The van der Waals surface area contributed by atoms with E-state index < -0.39 is 0 Å². The van der Waals surface area contributed by atoms with Crippen LogP contribution in [-0.2, 0) is 11.3 Å². The van der Waals surface area contributed by atoms with Gasteiger partial charge < -0.3 is 4.90 Å². The van der Waals surface area contributed by atoms with Crippen molar-refractivity contribution in [1.82, 2.24) is 9.88 Å². The molecule has 0 bridgehead atoms. The maximum atomic E-state index is 11.9. The third kappa shape index (κ3) is 3.70. The zero-order chi connectivity index (χ0) is 12.1. The van der Waals surface area contributed by atoms with Crippen molar-refractivity contribution in [1.29, 1.82) is 0 Å². The second-order valence-corrected chi connectivity index (χ2v) is 4.85. The van der Waals surface area contributed by atoms with Gasteiger partial charge in [-0.1, -0.05) is 24.4 Å². The molecule has 3 nitrogen and oxygen atoms in total. The Morgan fingerprint density at radius 2 is 2.12 bits per heavy atom. The van der Waals surface area contributed by atoms with Gasteiger partial charge in [-0.25, -0.2) is 4.98 Å². The number of amides is 1. The Labute approximate surface area is 107 Å². The summed E-state index contributed by atoms with van der Waals surface area (Å²) in [7, 11) is 0. The average molecular weight is 253 g/mol. The monoisotopic (exact) mass is 252 g/mol. The lowest BCUT2D eigenvalue weighted by atomic mass is 10.1. The van der Waals surface area contributed by atoms with Crippen molar-refractivity contribution in [3.63, 3.8) is 0 Å². The Balaban J connectivity index is 2.02. The number of carbonyl (C=O) groups excluding carboxylic acids is 1. The van der Waals surface area contributed by atoms with Crippen molar-refractivity contribution < 1.29 is 4.79 Å². The molecule has 1 amide bonds. The second-order valence-electron chi connectivity index (χ2n) is 4.47. The van der Waals surface area contributed by atoms with Crippen LogP contribution >= 0.6 is 11.6 Å². The van der Waals surface area contributed by atoms with Crippen LogP contribution in [0.3, 0.4) is 0 Å². The average Bonchev–Trinajstić information content (AvgIpc) is 2.29. The molecule has 0 unspecified atom stereocenters. The summed E-state index contributed by atoms with van der Waals surface area (Å²) in [5.74, 6) is 0.262. The first-order chi connectivity index (χ1) is 8.25. The maximum absolute atomic E-state index is 11.9. The molecule has 1 aromatic heterocycles. The van der Waals surface area contributed by atoms with E-state index >= 15 is 0 Å². The molecule has 2 heterocycles. The lowest BCUT2D eigenvalue weighted by molar-refractivity contribution is -0.132. The summed E-state index contributed by atoms with van der Waals surface area (Å²) in [6, 6.07) is 3.74. The van der Waals surface area contributed by atoms with Gasteiger partial charge in [0.15, 0.2) is 0 Å². The molecule has 1 fully saturated rings. The number of nitrogens with zero attached hydrogens (tertiary/aromatic N) is 2. The lowest BCUT2D eigenvalue weighted by Gasteiger charge is -2.24. The molecule has 2 rings (SSSR count). The van der Waals surface area contributed by atoms with E-state index in [0.29, 0.717) is 18.1 Å². The molecule has 0 N–H and O–H groups in total. The van der Waals surface area contributed by atoms with Crippen LogP contribution in [0.25, 0.3) is 0 Å². The summed E-state index contributed by atoms with van der Waals surface area (Å²) in [6.45, 7) is 1.51. The molecule has 0 aromatic carbocycles. The smallest absolute Gasteiger partial charge is 0.222 e. The predicted octanol–water partition coefficient (Wildman–Crippen LogP) is 3.03. The Bertz CT molecular complexity index is 395. The Morgan fingerprint density at radius 1 is 1.29 bits per heavy atom. The summed E-state index contributed by atoms with van der Waals surface area (Å²) in [4.78, 5) is 17.8. The maximum Gasteiger partial charge on any atom is 0.222 e. The van der Waals surface area contributed by atoms with Gasteiger partial charge in [0.2, 0.25) is 5.91 Å². The number of likely N-dealkylation sites (tertiary alicyclic amines) is 1. The number of carbonyl (C=O) groups is 1. The Morgan fingerprint density at radius 3 is 2.94 bits per heavy atom. The van der Waals surface area contributed by atoms with Crippen LogP contribution in [-0.4, -0.2) is 22.3 Å². The van der Waals surface area contributed by atoms with Crippen LogP contribution in [0.5, 0.6) is 0 Å². The Kier molecular flexibility index (Phi) is 4.37. The molecule has 1 aliphatic heterocycles. The highest BCUT2D eigenvalue weighted by atomic mass is 35.5. The number of aromatic nitrogens is 1. The number of rotatable bonds is 2. The number of halogens is 1. The fourth-order valence-electron chi connectivity index (χ4n) is 2.14. The topological polar surface area (TPSA) is 33.2 Å². The standard InChI is InChI=1S/C13H17ClN2O/c14-12-9-11(6-7-15-12)10-16-8-4-2-1-3-5-13(16)17/h6-7,9H,1-5,8,10H2. The largest absolute Gasteiger partial charge is 0.338 e. The summed E-state index contributed by atoms with van der Waals surface area (Å²) >= 11 is 5.84. The van der Waals surface area contributed by atoms with Crippen LogP contribution in [0.15, 0.2) is 18.3 Å². The molecular formula is C13H17ClN2O. The van der Waals surface area contributed by atoms with Gasteiger partial charge in [0, 0.05) is 25.7 Å². The highest BCUT2D eigenvalue weighted by Gasteiger charge is 2.15. The predicted molar refractivity (Wildman–Crippen MR) is 67.7 cm³/mol. The highest BCUT2D eigenvalue weighted by Crippen LogP contribution is 2.15. The molecule has 4 heteroatoms. The van der Waals surface area contributed by atoms with Gasteiger partial charge in [0.25, 0.3) is 0 Å². The minimum atomic E-state index is 0.262. The van der Waals surface area contributed by atoms with Crippen molar-refractivity contribution in [2.24, 2.45) is 0 Å². The van der Waals surface area contributed by atoms with E-state index in [1.165, 1.54) is 12.8 Å². The summed E-state index contributed by atoms with van der Waals surface area (Å²) in [5, 5.41) is 0.488. The van der Waals surface area contributed by atoms with E-state index in [2.05, 4.69) is 4.98 Å². The van der Waals surface area contributed by atoms with Gasteiger partial charge >= 0.3 is 0 Å². The summed E-state index contributed by atoms with van der Waals surface area (Å²) in [6.07, 6.45) is 6.89. The molecule has 17 heavy (non-hydrogen) atoms. The van der Waals surface area contributed by atoms with Gasteiger partial charge in [-0.15, -0.1) is 0 Å². The molecule has 1 aromatic rings. The van der Waals surface area contributed by atoms with E-state index in [4.69, 9.17) is 11.6 Å². The Hall–Kier alpha value is -1.09. The van der Waals surface area contributed by atoms with E-state index in [1.807, 2.05) is 17.0 Å². The van der Waals surface area contributed by atoms with Crippen molar-refractivity contribution in [3.05, 3.63) is 29.0 Å². The van der Waals surface area contributed by atoms with Crippen LogP contribution < -0.4 is 0 Å². The van der Waals surface area contributed by atoms with Gasteiger partial charge in [-0.2, -0.15) is 0 Å². The molecule has 0 saturated carbocycles. The SMILES string of the molecule is O=C1CCCCCCN1Cc1ccnc(Cl)c1. The molecule has 0 spiro atoms. The number of hydrogen-bond acceptors (Lipinski definition) is 2. The summed E-state index contributed by atoms with van der Waals surface area (Å²) < 4.78 is 0. The fourth-order valence-corrected chi connectivity index (χ4v) is 2.34. The zero-order valence-electron chi connectivity index (χ0n) is 9.86. The van der Waals surface area contributed by atoms with Crippen LogP contribution in [0, 0.1) is 0 Å². The van der Waals surface area contributed by atoms with Crippen molar-refractivity contribution in [2.75, 3.05) is 6.54 Å². The van der Waals surface area contributed by atoms with E-state index in [0.717, 1.165) is 24.9 Å². The fraction of sp³-hybridized carbons (Fsp3) is 0.538. The second kappa shape index (κ2) is 6.01. The van der Waals surface area contributed by atoms with Crippen molar-refractivity contribution in [2.45, 2.75) is 38.6 Å². The van der Waals surface area contributed by atoms with E-state index in [9.17, 15) is 4.79 Å². The minimum absolute atomic E-state index is 0.262. The first-order valence-corrected chi connectivity index (χ1v) is 6.52. The zero-order valence-corrected chi connectivity index (χ0v) is 10.6. The molecule has 1 saturated heterocycles. The molecule has 0 atom stereocenters. The third-order valence-corrected chi connectivity index (χ3v) is 3.29. The quantitative estimate of drug-likeness (QED) is 0.758. The van der Waals surface area contributed by atoms with Crippen LogP contribution in [0.2, 0.25) is 5.15 Å². The molecule has 0 radical (unpaired) electrons. The van der Waals surface area contributed by atoms with E-state index in [1.54, 1.807) is 6.20 Å². The third-order valence-electron chi connectivity index (χ3n) is 3.09. The van der Waals surface area contributed by atoms with Crippen molar-refractivity contribution in [3.8, 4) is 0 Å². The number of hydrogen-bond donors (Lipinski definition) is 0. The molecule has 0 aliphatic carbocycles. The highest BCUT2D eigenvalue weighted by molar-refractivity contribution is 6.29. The van der Waals surface area contributed by atoms with Crippen LogP contribution in [0.1, 0.15) is 37.7 Å². The van der Waals surface area contributed by atoms with Gasteiger partial charge in [0.1, 0.15) is 5.15 Å². The molecule has 1 aliphatic rings. The van der Waals surface area contributed by atoms with Gasteiger partial charge in [0.05, 0.1) is 0 Å². The first kappa shape index (κ1) is 12.4. The first-order valence-electron chi connectivity index (χ1n) is 6.14. The van der Waals surface area contributed by atoms with Gasteiger partial charge in [-0.3, -0.25) is 4.79 Å². The van der Waals surface area contributed by atoms with Crippen LogP contribution in [0.4, 0.5) is 0 Å². The van der Waals surface area contributed by atoms with Crippen molar-refractivity contribution >= 4 is 17.5 Å². The number of pyridine rings is 1. The summed E-state index contributed by atoms with van der Waals surface area (Å²) in [5.41, 5.74) is 1.05. The molecular weight excluding hydrogens is 236 g/mol. The minimum Gasteiger partial charge on any atom is -0.338 e. The van der Waals surface area contributed by atoms with E-state index in [-0.39, 0.29) is 5.91 Å².